The Morgan fingerprint density at radius 3 is 2.92 bits per heavy atom. The van der Waals surface area contributed by atoms with Gasteiger partial charge >= 0.3 is 0 Å². The van der Waals surface area contributed by atoms with Crippen molar-refractivity contribution in [3.63, 3.8) is 0 Å². The number of nitriles is 1. The molecule has 0 aliphatic heterocycles. The smallest absolute Gasteiger partial charge is 0.116 e. The highest BCUT2D eigenvalue weighted by Crippen LogP contribution is 2.22. The van der Waals surface area contributed by atoms with E-state index in [1.807, 2.05) is 12.1 Å². The summed E-state index contributed by atoms with van der Waals surface area (Å²) < 4.78 is 0. The van der Waals surface area contributed by atoms with E-state index in [1.165, 1.54) is 0 Å². The monoisotopic (exact) mass is 168 g/mol. The Labute approximate surface area is 75.7 Å². The van der Waals surface area contributed by atoms with Crippen LogP contribution in [0.1, 0.15) is 5.56 Å². The van der Waals surface area contributed by atoms with Gasteiger partial charge in [0.2, 0.25) is 0 Å². The molecule has 0 amide bonds. The van der Waals surface area contributed by atoms with Gasteiger partial charge in [0.15, 0.2) is 0 Å². The van der Waals surface area contributed by atoms with Crippen LogP contribution in [-0.4, -0.2) is 5.11 Å². The molecule has 2 rings (SSSR count). The second-order valence-corrected chi connectivity index (χ2v) is 2.74. The predicted octanol–water partition coefficient (Wildman–Crippen LogP) is 2.22. The van der Waals surface area contributed by atoms with Gasteiger partial charge in [-0.1, -0.05) is 18.2 Å². The molecule has 1 radical (unpaired) electrons. The number of nitrogens with zero attached hydrogens (tertiary/aromatic N) is 1. The number of benzene rings is 2. The van der Waals surface area contributed by atoms with Gasteiger partial charge in [0.1, 0.15) is 11.8 Å². The third-order valence-electron chi connectivity index (χ3n) is 1.91. The van der Waals surface area contributed by atoms with Crippen molar-refractivity contribution in [3.05, 3.63) is 42.0 Å². The summed E-state index contributed by atoms with van der Waals surface area (Å²) in [5.74, 6) is 0.170. The van der Waals surface area contributed by atoms with E-state index in [0.29, 0.717) is 5.56 Å². The Morgan fingerprint density at radius 1 is 1.31 bits per heavy atom. The van der Waals surface area contributed by atoms with Gasteiger partial charge in [0.05, 0.1) is 5.56 Å². The van der Waals surface area contributed by atoms with Crippen molar-refractivity contribution < 1.29 is 5.11 Å². The van der Waals surface area contributed by atoms with Crippen molar-refractivity contribution in [1.29, 1.82) is 5.26 Å². The number of aromatic hydroxyl groups is 1. The highest BCUT2D eigenvalue weighted by atomic mass is 16.3. The van der Waals surface area contributed by atoms with Crippen molar-refractivity contribution in [1.82, 2.24) is 0 Å². The normalized spacial score (nSPS) is 9.77. The van der Waals surface area contributed by atoms with E-state index in [-0.39, 0.29) is 5.75 Å². The van der Waals surface area contributed by atoms with Crippen molar-refractivity contribution in [2.45, 2.75) is 0 Å². The van der Waals surface area contributed by atoms with Crippen LogP contribution < -0.4 is 0 Å². The van der Waals surface area contributed by atoms with Crippen LogP contribution in [0.15, 0.2) is 30.3 Å². The average molecular weight is 168 g/mol. The van der Waals surface area contributed by atoms with Crippen LogP contribution in [0.2, 0.25) is 0 Å². The fourth-order valence-corrected chi connectivity index (χ4v) is 1.29. The molecule has 2 heteroatoms. The van der Waals surface area contributed by atoms with Crippen LogP contribution in [0, 0.1) is 17.4 Å². The molecule has 13 heavy (non-hydrogen) atoms. The quantitative estimate of drug-likeness (QED) is 0.655. The Hall–Kier alpha value is -2.01. The zero-order valence-corrected chi connectivity index (χ0v) is 6.78. The van der Waals surface area contributed by atoms with Crippen LogP contribution in [0.5, 0.6) is 5.75 Å². The molecule has 0 bridgehead atoms. The lowest BCUT2D eigenvalue weighted by atomic mass is 10.1. The van der Waals surface area contributed by atoms with Crippen LogP contribution in [-0.2, 0) is 0 Å². The summed E-state index contributed by atoms with van der Waals surface area (Å²) in [5.41, 5.74) is 0.466. The molecule has 2 aromatic rings. The van der Waals surface area contributed by atoms with Gasteiger partial charge in [-0.25, -0.2) is 0 Å². The number of rotatable bonds is 0. The average Bonchev–Trinajstić information content (AvgIpc) is 2.17. The zero-order chi connectivity index (χ0) is 9.26. The number of hydrogen-bond donors (Lipinski definition) is 1. The molecule has 0 unspecified atom stereocenters. The molecule has 0 spiro atoms. The number of hydrogen-bond acceptors (Lipinski definition) is 2. The van der Waals surface area contributed by atoms with Gasteiger partial charge < -0.3 is 5.11 Å². The molecule has 1 N–H and O–H groups in total. The molecule has 61 valence electrons. The van der Waals surface area contributed by atoms with Gasteiger partial charge in [-0.2, -0.15) is 5.26 Å². The van der Waals surface area contributed by atoms with Crippen molar-refractivity contribution in [2.24, 2.45) is 0 Å². The van der Waals surface area contributed by atoms with Crippen molar-refractivity contribution in [3.8, 4) is 11.8 Å². The Kier molecular flexibility index (Phi) is 1.64. The summed E-state index contributed by atoms with van der Waals surface area (Å²) in [6, 6.07) is 13.4. The van der Waals surface area contributed by atoms with Gasteiger partial charge in [-0.15, -0.1) is 0 Å². The van der Waals surface area contributed by atoms with Crippen LogP contribution in [0.4, 0.5) is 0 Å². The minimum absolute atomic E-state index is 0.170. The van der Waals surface area contributed by atoms with Crippen LogP contribution in [0.25, 0.3) is 10.8 Å². The van der Waals surface area contributed by atoms with Crippen LogP contribution in [0.3, 0.4) is 0 Å². The zero-order valence-electron chi connectivity index (χ0n) is 6.78. The number of fused-ring (bicyclic) bond motifs is 1. The van der Waals surface area contributed by atoms with E-state index in [1.54, 1.807) is 24.3 Å². The molecule has 0 aromatic heterocycles. The van der Waals surface area contributed by atoms with E-state index in [9.17, 15) is 5.11 Å². The van der Waals surface area contributed by atoms with E-state index in [2.05, 4.69) is 6.07 Å². The lowest BCUT2D eigenvalue weighted by Gasteiger charge is -1.99. The predicted molar refractivity (Wildman–Crippen MR) is 49.2 cm³/mol. The van der Waals surface area contributed by atoms with Crippen molar-refractivity contribution in [2.75, 3.05) is 0 Å². The van der Waals surface area contributed by atoms with E-state index in [0.717, 1.165) is 10.8 Å². The number of phenolic OH excluding ortho intramolecular Hbond substituents is 1. The molecule has 0 saturated carbocycles. The summed E-state index contributed by atoms with van der Waals surface area (Å²) >= 11 is 0. The molecule has 0 aliphatic rings. The lowest BCUT2D eigenvalue weighted by molar-refractivity contribution is 0.476. The molecule has 0 saturated heterocycles. The summed E-state index contributed by atoms with van der Waals surface area (Å²) in [6.45, 7) is 0. The highest BCUT2D eigenvalue weighted by molar-refractivity contribution is 5.88. The summed E-state index contributed by atoms with van der Waals surface area (Å²) in [7, 11) is 0. The summed E-state index contributed by atoms with van der Waals surface area (Å²) in [4.78, 5) is 0. The molecular weight excluding hydrogens is 162 g/mol. The first-order valence-corrected chi connectivity index (χ1v) is 3.85. The summed E-state index contributed by atoms with van der Waals surface area (Å²) in [5, 5.41) is 19.7. The Bertz CT molecular complexity index is 497. The minimum Gasteiger partial charge on any atom is -0.508 e. The summed E-state index contributed by atoms with van der Waals surface area (Å²) in [6.07, 6.45) is 0. The van der Waals surface area contributed by atoms with Crippen molar-refractivity contribution >= 4 is 10.8 Å². The standard InChI is InChI=1S/C11H6NO/c12-7-9-3-1-2-8-4-5-10(13)6-11(8)9/h1-2,4-6,13H. The second-order valence-electron chi connectivity index (χ2n) is 2.74. The van der Waals surface area contributed by atoms with Gasteiger partial charge in [0, 0.05) is 11.5 Å². The SMILES string of the molecule is N#Cc1[c]ccc2ccc(O)cc12. The molecule has 0 heterocycles. The maximum Gasteiger partial charge on any atom is 0.116 e. The highest BCUT2D eigenvalue weighted by Gasteiger charge is 2.00. The van der Waals surface area contributed by atoms with Gasteiger partial charge in [-0.3, -0.25) is 0 Å². The van der Waals surface area contributed by atoms with Crippen LogP contribution >= 0.6 is 0 Å². The maximum atomic E-state index is 9.23. The van der Waals surface area contributed by atoms with E-state index < -0.39 is 0 Å². The third kappa shape index (κ3) is 1.21. The Morgan fingerprint density at radius 2 is 2.15 bits per heavy atom. The first-order chi connectivity index (χ1) is 6.31. The fourth-order valence-electron chi connectivity index (χ4n) is 1.29. The maximum absolute atomic E-state index is 9.23. The largest absolute Gasteiger partial charge is 0.508 e. The fraction of sp³-hybridized carbons (Fsp3) is 0. The first kappa shape index (κ1) is 7.63. The first-order valence-electron chi connectivity index (χ1n) is 3.85. The number of phenols is 1. The topological polar surface area (TPSA) is 44.0 Å². The molecule has 2 aromatic carbocycles. The molecule has 2 nitrogen and oxygen atoms in total. The van der Waals surface area contributed by atoms with Gasteiger partial charge in [-0.05, 0) is 17.5 Å². The lowest BCUT2D eigenvalue weighted by Crippen LogP contribution is -1.78. The molecule has 0 fully saturated rings. The van der Waals surface area contributed by atoms with E-state index in [4.69, 9.17) is 5.26 Å². The molecular formula is C11H6NO. The Balaban J connectivity index is 2.89. The molecule has 0 aliphatic carbocycles. The van der Waals surface area contributed by atoms with Gasteiger partial charge in [0.25, 0.3) is 0 Å². The molecule has 0 atom stereocenters. The third-order valence-corrected chi connectivity index (χ3v) is 1.91. The second kappa shape index (κ2) is 2.80. The van der Waals surface area contributed by atoms with E-state index >= 15 is 0 Å². The minimum atomic E-state index is 0.170.